The maximum atomic E-state index is 4.29. The van der Waals surface area contributed by atoms with Gasteiger partial charge in [-0.15, -0.1) is 0 Å². The Morgan fingerprint density at radius 2 is 1.90 bits per heavy atom. The van der Waals surface area contributed by atoms with E-state index in [1.54, 1.807) is 6.33 Å². The molecule has 4 nitrogen and oxygen atoms in total. The topological polar surface area (TPSA) is 42.2 Å². The summed E-state index contributed by atoms with van der Waals surface area (Å²) in [5.74, 6) is 1.02. The minimum Gasteiger partial charge on any atom is -0.367 e. The van der Waals surface area contributed by atoms with Gasteiger partial charge < -0.3 is 5.32 Å². The summed E-state index contributed by atoms with van der Waals surface area (Å²) >= 11 is 0. The SMILES string of the molecule is Cc1cc(NC2Cc3ccccc3C2)n2ncnc2c1. The average Bonchev–Trinajstić information content (AvgIpc) is 3.03. The highest BCUT2D eigenvalue weighted by atomic mass is 15.3. The Labute approximate surface area is 117 Å². The first-order chi connectivity index (χ1) is 9.79. The van der Waals surface area contributed by atoms with Crippen molar-refractivity contribution in [3.05, 3.63) is 59.4 Å². The second-order valence-corrected chi connectivity index (χ2v) is 5.47. The lowest BCUT2D eigenvalue weighted by molar-refractivity contribution is 0.758. The van der Waals surface area contributed by atoms with Crippen LogP contribution in [-0.2, 0) is 12.8 Å². The smallest absolute Gasteiger partial charge is 0.157 e. The summed E-state index contributed by atoms with van der Waals surface area (Å²) < 4.78 is 1.87. The molecule has 100 valence electrons. The third kappa shape index (κ3) is 1.84. The van der Waals surface area contributed by atoms with E-state index in [0.717, 1.165) is 24.3 Å². The van der Waals surface area contributed by atoms with Gasteiger partial charge in [0.15, 0.2) is 5.65 Å². The lowest BCUT2D eigenvalue weighted by Crippen LogP contribution is -2.21. The average molecular weight is 264 g/mol. The molecule has 4 rings (SSSR count). The van der Waals surface area contributed by atoms with E-state index in [1.807, 2.05) is 10.6 Å². The van der Waals surface area contributed by atoms with Gasteiger partial charge in [0, 0.05) is 6.04 Å². The zero-order valence-corrected chi connectivity index (χ0v) is 11.4. The number of pyridine rings is 1. The summed E-state index contributed by atoms with van der Waals surface area (Å²) in [6, 6.07) is 13.3. The second-order valence-electron chi connectivity index (χ2n) is 5.47. The summed E-state index contributed by atoms with van der Waals surface area (Å²) in [5, 5.41) is 7.91. The summed E-state index contributed by atoms with van der Waals surface area (Å²) in [4.78, 5) is 4.27. The van der Waals surface area contributed by atoms with Crippen LogP contribution in [-0.4, -0.2) is 20.6 Å². The van der Waals surface area contributed by atoms with Crippen LogP contribution < -0.4 is 5.32 Å². The highest BCUT2D eigenvalue weighted by molar-refractivity contribution is 5.52. The lowest BCUT2D eigenvalue weighted by Gasteiger charge is -2.15. The fourth-order valence-corrected chi connectivity index (χ4v) is 3.03. The van der Waals surface area contributed by atoms with Crippen LogP contribution in [0.1, 0.15) is 16.7 Å². The third-order valence-corrected chi connectivity index (χ3v) is 3.93. The Balaban J connectivity index is 1.65. The molecule has 1 aliphatic carbocycles. The molecule has 0 fully saturated rings. The number of nitrogens with one attached hydrogen (secondary N) is 1. The molecule has 0 saturated heterocycles. The van der Waals surface area contributed by atoms with Crippen molar-refractivity contribution >= 4 is 11.5 Å². The molecule has 0 unspecified atom stereocenters. The molecule has 1 N–H and O–H groups in total. The minimum atomic E-state index is 0.432. The van der Waals surface area contributed by atoms with Gasteiger partial charge >= 0.3 is 0 Å². The van der Waals surface area contributed by atoms with E-state index in [1.165, 1.54) is 16.7 Å². The van der Waals surface area contributed by atoms with Crippen molar-refractivity contribution in [3.63, 3.8) is 0 Å². The highest BCUT2D eigenvalue weighted by Gasteiger charge is 2.21. The molecule has 1 aliphatic rings. The van der Waals surface area contributed by atoms with E-state index in [4.69, 9.17) is 0 Å². The first-order valence-electron chi connectivity index (χ1n) is 6.93. The van der Waals surface area contributed by atoms with E-state index in [-0.39, 0.29) is 0 Å². The third-order valence-electron chi connectivity index (χ3n) is 3.93. The number of aryl methyl sites for hydroxylation is 1. The molecule has 0 saturated carbocycles. The number of rotatable bonds is 2. The number of hydrogen-bond donors (Lipinski definition) is 1. The Kier molecular flexibility index (Phi) is 2.49. The largest absolute Gasteiger partial charge is 0.367 e. The zero-order valence-electron chi connectivity index (χ0n) is 11.4. The molecule has 20 heavy (non-hydrogen) atoms. The van der Waals surface area contributed by atoms with Crippen LogP contribution >= 0.6 is 0 Å². The number of aromatic nitrogens is 3. The lowest BCUT2D eigenvalue weighted by atomic mass is 10.1. The second kappa shape index (κ2) is 4.34. The van der Waals surface area contributed by atoms with Gasteiger partial charge in [-0.1, -0.05) is 24.3 Å². The number of hydrogen-bond acceptors (Lipinski definition) is 3. The quantitative estimate of drug-likeness (QED) is 0.773. The summed E-state index contributed by atoms with van der Waals surface area (Å²) in [7, 11) is 0. The molecule has 2 aromatic heterocycles. The van der Waals surface area contributed by atoms with E-state index in [2.05, 4.69) is 52.7 Å². The molecule has 0 spiro atoms. The van der Waals surface area contributed by atoms with Crippen molar-refractivity contribution in [2.75, 3.05) is 5.32 Å². The van der Waals surface area contributed by atoms with Gasteiger partial charge in [0.25, 0.3) is 0 Å². The predicted octanol–water partition coefficient (Wildman–Crippen LogP) is 2.62. The first-order valence-corrected chi connectivity index (χ1v) is 6.93. The minimum absolute atomic E-state index is 0.432. The van der Waals surface area contributed by atoms with Crippen LogP contribution in [0.25, 0.3) is 5.65 Å². The van der Waals surface area contributed by atoms with E-state index >= 15 is 0 Å². The molecule has 0 radical (unpaired) electrons. The summed E-state index contributed by atoms with van der Waals surface area (Å²) in [6.45, 7) is 2.09. The van der Waals surface area contributed by atoms with E-state index in [0.29, 0.717) is 6.04 Å². The maximum Gasteiger partial charge on any atom is 0.157 e. The fraction of sp³-hybridized carbons (Fsp3) is 0.250. The van der Waals surface area contributed by atoms with Crippen LogP contribution in [0.2, 0.25) is 0 Å². The van der Waals surface area contributed by atoms with Gasteiger partial charge in [-0.3, -0.25) is 0 Å². The molecule has 2 heterocycles. The number of benzene rings is 1. The van der Waals surface area contributed by atoms with Gasteiger partial charge in [-0.25, -0.2) is 4.98 Å². The zero-order chi connectivity index (χ0) is 13.5. The summed E-state index contributed by atoms with van der Waals surface area (Å²) in [5.41, 5.74) is 4.99. The monoisotopic (exact) mass is 264 g/mol. The number of nitrogens with zero attached hydrogens (tertiary/aromatic N) is 3. The molecule has 3 aromatic rings. The van der Waals surface area contributed by atoms with E-state index < -0.39 is 0 Å². The van der Waals surface area contributed by atoms with Crippen LogP contribution in [0.4, 0.5) is 5.82 Å². The normalized spacial score (nSPS) is 14.7. The van der Waals surface area contributed by atoms with Gasteiger partial charge in [-0.05, 0) is 48.6 Å². The Morgan fingerprint density at radius 1 is 1.15 bits per heavy atom. The van der Waals surface area contributed by atoms with Crippen LogP contribution in [0.5, 0.6) is 0 Å². The predicted molar refractivity (Wildman–Crippen MR) is 79.0 cm³/mol. The first kappa shape index (κ1) is 11.5. The van der Waals surface area contributed by atoms with Gasteiger partial charge in [0.1, 0.15) is 12.1 Å². The van der Waals surface area contributed by atoms with Crippen LogP contribution in [0.15, 0.2) is 42.7 Å². The highest BCUT2D eigenvalue weighted by Crippen LogP contribution is 2.25. The molecular formula is C16H16N4. The molecule has 1 aromatic carbocycles. The van der Waals surface area contributed by atoms with Crippen molar-refractivity contribution in [2.24, 2.45) is 0 Å². The molecule has 4 heteroatoms. The molecule has 0 amide bonds. The van der Waals surface area contributed by atoms with Gasteiger partial charge in [0.2, 0.25) is 0 Å². The van der Waals surface area contributed by atoms with Crippen molar-refractivity contribution in [1.82, 2.24) is 14.6 Å². The van der Waals surface area contributed by atoms with Crippen molar-refractivity contribution < 1.29 is 0 Å². The number of fused-ring (bicyclic) bond motifs is 2. The maximum absolute atomic E-state index is 4.29. The summed E-state index contributed by atoms with van der Waals surface area (Å²) in [6.07, 6.45) is 3.74. The fourth-order valence-electron chi connectivity index (χ4n) is 3.03. The Hall–Kier alpha value is -2.36. The van der Waals surface area contributed by atoms with Gasteiger partial charge in [0.05, 0.1) is 0 Å². The van der Waals surface area contributed by atoms with E-state index in [9.17, 15) is 0 Å². The standard InChI is InChI=1S/C16H16N4/c1-11-6-15-17-10-18-20(15)16(7-11)19-14-8-12-4-2-3-5-13(12)9-14/h2-7,10,14,19H,8-9H2,1H3. The van der Waals surface area contributed by atoms with Gasteiger partial charge in [-0.2, -0.15) is 9.61 Å². The molecule has 0 atom stereocenters. The molecule has 0 aliphatic heterocycles. The van der Waals surface area contributed by atoms with Crippen molar-refractivity contribution in [1.29, 1.82) is 0 Å². The molecular weight excluding hydrogens is 248 g/mol. The Bertz CT molecular complexity index is 750. The van der Waals surface area contributed by atoms with Crippen molar-refractivity contribution in [2.45, 2.75) is 25.8 Å². The molecule has 0 bridgehead atoms. The van der Waals surface area contributed by atoms with Crippen LogP contribution in [0.3, 0.4) is 0 Å². The van der Waals surface area contributed by atoms with Crippen molar-refractivity contribution in [3.8, 4) is 0 Å². The number of anilines is 1. The van der Waals surface area contributed by atoms with Crippen LogP contribution in [0, 0.1) is 6.92 Å². The Morgan fingerprint density at radius 3 is 2.65 bits per heavy atom.